The van der Waals surface area contributed by atoms with Gasteiger partial charge >= 0.3 is 5.97 Å². The minimum atomic E-state index is -1.76. The standard InChI is InChI=1S/C32H29N5O6/c1-42-31(41)32(20-10-4-2-5-11-20)25-23(29(39)37(30(25)40)21-12-6-3-7-13-21)26(34-32)24-27(35-16-18-43-19-17-35)33-22-14-8-9-15-36(22)28(24)38/h2-15,23,25-26,34H,16-19H2,1H3/t23-,25-,26+,32-/m0/s1. The van der Waals surface area contributed by atoms with Crippen molar-refractivity contribution in [3.63, 3.8) is 0 Å². The molecule has 2 amide bonds. The van der Waals surface area contributed by atoms with Gasteiger partial charge in [0, 0.05) is 19.3 Å². The fourth-order valence-corrected chi connectivity index (χ4v) is 6.80. The van der Waals surface area contributed by atoms with E-state index in [4.69, 9.17) is 14.5 Å². The lowest BCUT2D eigenvalue weighted by molar-refractivity contribution is -0.152. The lowest BCUT2D eigenvalue weighted by atomic mass is 9.75. The average molecular weight is 580 g/mol. The number of aromatic nitrogens is 2. The van der Waals surface area contributed by atoms with E-state index in [-0.39, 0.29) is 5.56 Å². The number of rotatable bonds is 5. The van der Waals surface area contributed by atoms with Crippen LogP contribution >= 0.6 is 0 Å². The van der Waals surface area contributed by atoms with E-state index < -0.39 is 46.8 Å². The van der Waals surface area contributed by atoms with Crippen molar-refractivity contribution >= 4 is 34.9 Å². The van der Waals surface area contributed by atoms with Crippen LogP contribution in [0.4, 0.5) is 11.5 Å². The first kappa shape index (κ1) is 27.0. The molecule has 2 aromatic heterocycles. The van der Waals surface area contributed by atoms with Crippen LogP contribution in [0.3, 0.4) is 0 Å². The van der Waals surface area contributed by atoms with Gasteiger partial charge in [-0.15, -0.1) is 0 Å². The number of carbonyl (C=O) groups is 3. The summed E-state index contributed by atoms with van der Waals surface area (Å²) in [7, 11) is 1.25. The minimum absolute atomic E-state index is 0.207. The van der Waals surface area contributed by atoms with Gasteiger partial charge in [-0.2, -0.15) is 0 Å². The number of benzene rings is 2. The molecule has 11 heteroatoms. The number of pyridine rings is 1. The van der Waals surface area contributed by atoms with Gasteiger partial charge in [-0.3, -0.25) is 24.1 Å². The first-order chi connectivity index (χ1) is 21.0. The predicted molar refractivity (Wildman–Crippen MR) is 156 cm³/mol. The van der Waals surface area contributed by atoms with Crippen LogP contribution in [-0.4, -0.2) is 60.6 Å². The fraction of sp³-hybridized carbons (Fsp3) is 0.281. The van der Waals surface area contributed by atoms with Crippen LogP contribution in [0.1, 0.15) is 17.2 Å². The third-order valence-electron chi connectivity index (χ3n) is 8.68. The SMILES string of the molecule is COC(=O)[C@@]1(c2ccccc2)N[C@@H](c2c(N3CCOCC3)nc3ccccn3c2=O)[C@H]2C(=O)N(c3ccccc3)C(=O)[C@H]21. The number of nitrogens with one attached hydrogen (secondary N) is 1. The van der Waals surface area contributed by atoms with E-state index in [1.807, 2.05) is 4.90 Å². The van der Waals surface area contributed by atoms with Crippen molar-refractivity contribution in [2.45, 2.75) is 11.6 Å². The lowest BCUT2D eigenvalue weighted by Gasteiger charge is -2.34. The molecular formula is C32H29N5O6. The highest BCUT2D eigenvalue weighted by Crippen LogP contribution is 2.54. The highest BCUT2D eigenvalue weighted by atomic mass is 16.5. The molecule has 0 unspecified atom stereocenters. The number of imide groups is 1. The summed E-state index contributed by atoms with van der Waals surface area (Å²) in [5.74, 6) is -3.70. The predicted octanol–water partition coefficient (Wildman–Crippen LogP) is 2.05. The highest BCUT2D eigenvalue weighted by Gasteiger charge is 2.70. The van der Waals surface area contributed by atoms with Gasteiger partial charge in [0.05, 0.1) is 49.5 Å². The molecule has 43 heavy (non-hydrogen) atoms. The summed E-state index contributed by atoms with van der Waals surface area (Å²) >= 11 is 0. The van der Waals surface area contributed by atoms with Crippen LogP contribution in [0.5, 0.6) is 0 Å². The molecule has 218 valence electrons. The maximum absolute atomic E-state index is 14.4. The number of fused-ring (bicyclic) bond motifs is 2. The molecule has 7 rings (SSSR count). The molecule has 5 heterocycles. The Hall–Kier alpha value is -4.87. The van der Waals surface area contributed by atoms with Gasteiger partial charge in [0.2, 0.25) is 11.8 Å². The second-order valence-electron chi connectivity index (χ2n) is 10.8. The number of morpholine rings is 1. The Labute approximate surface area is 246 Å². The molecule has 0 radical (unpaired) electrons. The molecule has 0 aliphatic carbocycles. The van der Waals surface area contributed by atoms with Gasteiger partial charge in [0.1, 0.15) is 11.5 Å². The fourth-order valence-electron chi connectivity index (χ4n) is 6.80. The molecule has 3 aliphatic heterocycles. The smallest absolute Gasteiger partial charge is 0.331 e. The summed E-state index contributed by atoms with van der Waals surface area (Å²) in [5.41, 5.74) is -0.660. The van der Waals surface area contributed by atoms with Crippen LogP contribution in [0.15, 0.2) is 89.9 Å². The molecule has 3 aliphatic rings. The van der Waals surface area contributed by atoms with Crippen molar-refractivity contribution in [1.29, 1.82) is 0 Å². The summed E-state index contributed by atoms with van der Waals surface area (Å²) < 4.78 is 12.3. The van der Waals surface area contributed by atoms with Crippen LogP contribution in [0, 0.1) is 11.8 Å². The zero-order valence-electron chi connectivity index (χ0n) is 23.4. The van der Waals surface area contributed by atoms with Crippen molar-refractivity contribution in [3.8, 4) is 0 Å². The number of ether oxygens (including phenoxy) is 2. The number of nitrogens with zero attached hydrogens (tertiary/aromatic N) is 4. The maximum atomic E-state index is 14.4. The van der Waals surface area contributed by atoms with Crippen LogP contribution < -0.4 is 20.7 Å². The Balaban J connectivity index is 1.51. The summed E-state index contributed by atoms with van der Waals surface area (Å²) in [6.45, 7) is 1.84. The molecule has 4 aromatic rings. The Bertz CT molecular complexity index is 1790. The number of para-hydroxylation sites is 1. The second kappa shape index (κ2) is 10.4. The van der Waals surface area contributed by atoms with E-state index in [2.05, 4.69) is 5.32 Å². The van der Waals surface area contributed by atoms with Crippen molar-refractivity contribution < 1.29 is 23.9 Å². The first-order valence-corrected chi connectivity index (χ1v) is 14.2. The molecule has 3 fully saturated rings. The third kappa shape index (κ3) is 3.99. The van der Waals surface area contributed by atoms with E-state index in [9.17, 15) is 19.2 Å². The van der Waals surface area contributed by atoms with E-state index in [1.165, 1.54) is 11.5 Å². The molecule has 2 aromatic carbocycles. The minimum Gasteiger partial charge on any atom is -0.467 e. The Kier molecular flexibility index (Phi) is 6.55. The summed E-state index contributed by atoms with van der Waals surface area (Å²) in [5, 5.41) is 3.35. The lowest BCUT2D eigenvalue weighted by Crippen LogP contribution is -2.54. The van der Waals surface area contributed by atoms with Crippen LogP contribution in [0.2, 0.25) is 0 Å². The molecule has 0 bridgehead atoms. The maximum Gasteiger partial charge on any atom is 0.331 e. The van der Waals surface area contributed by atoms with Crippen molar-refractivity contribution in [2.24, 2.45) is 11.8 Å². The van der Waals surface area contributed by atoms with Crippen LogP contribution in [-0.2, 0) is 29.4 Å². The largest absolute Gasteiger partial charge is 0.467 e. The summed E-state index contributed by atoms with van der Waals surface area (Å²) in [6.07, 6.45) is 1.62. The van der Waals surface area contributed by atoms with E-state index in [0.29, 0.717) is 49.0 Å². The van der Waals surface area contributed by atoms with E-state index in [0.717, 1.165) is 4.90 Å². The molecule has 0 spiro atoms. The normalized spacial score (nSPS) is 25.3. The van der Waals surface area contributed by atoms with Gasteiger partial charge in [0.15, 0.2) is 5.54 Å². The van der Waals surface area contributed by atoms with Gasteiger partial charge in [-0.25, -0.2) is 14.7 Å². The zero-order chi connectivity index (χ0) is 29.7. The molecule has 11 nitrogen and oxygen atoms in total. The number of methoxy groups -OCH3 is 1. The number of esters is 1. The number of anilines is 2. The monoisotopic (exact) mass is 579 g/mol. The van der Waals surface area contributed by atoms with Gasteiger partial charge in [-0.05, 0) is 29.8 Å². The van der Waals surface area contributed by atoms with E-state index in [1.54, 1.807) is 85.1 Å². The van der Waals surface area contributed by atoms with Crippen LogP contribution in [0.25, 0.3) is 5.65 Å². The Morgan fingerprint density at radius 2 is 1.60 bits per heavy atom. The Morgan fingerprint density at radius 3 is 2.30 bits per heavy atom. The van der Waals surface area contributed by atoms with Gasteiger partial charge < -0.3 is 14.4 Å². The summed E-state index contributed by atoms with van der Waals surface area (Å²) in [4.78, 5) is 65.1. The average Bonchev–Trinajstić information content (AvgIpc) is 3.55. The number of hydrogen-bond acceptors (Lipinski definition) is 9. The van der Waals surface area contributed by atoms with E-state index >= 15 is 0 Å². The molecule has 4 atom stereocenters. The quantitative estimate of drug-likeness (QED) is 0.280. The topological polar surface area (TPSA) is 123 Å². The van der Waals surface area contributed by atoms with Crippen molar-refractivity contribution in [3.05, 3.63) is 107 Å². The third-order valence-corrected chi connectivity index (χ3v) is 8.68. The van der Waals surface area contributed by atoms with Crippen molar-refractivity contribution in [1.82, 2.24) is 14.7 Å². The number of amides is 2. The second-order valence-corrected chi connectivity index (χ2v) is 10.8. The summed E-state index contributed by atoms with van der Waals surface area (Å²) in [6, 6.07) is 21.6. The number of carbonyl (C=O) groups excluding carboxylic acids is 3. The molecular weight excluding hydrogens is 550 g/mol. The molecule has 1 N–H and O–H groups in total. The zero-order valence-corrected chi connectivity index (χ0v) is 23.4. The number of hydrogen-bond donors (Lipinski definition) is 1. The van der Waals surface area contributed by atoms with Crippen molar-refractivity contribution in [2.75, 3.05) is 43.2 Å². The molecule has 0 saturated carbocycles. The first-order valence-electron chi connectivity index (χ1n) is 14.2. The Morgan fingerprint density at radius 1 is 0.930 bits per heavy atom. The van der Waals surface area contributed by atoms with Gasteiger partial charge in [-0.1, -0.05) is 54.6 Å². The highest BCUT2D eigenvalue weighted by molar-refractivity contribution is 6.24. The molecule has 3 saturated heterocycles. The van der Waals surface area contributed by atoms with Gasteiger partial charge in [0.25, 0.3) is 5.56 Å².